The van der Waals surface area contributed by atoms with Crippen LogP contribution in [0.5, 0.6) is 0 Å². The Morgan fingerprint density at radius 2 is 1.54 bits per heavy atom. The van der Waals surface area contributed by atoms with Crippen molar-refractivity contribution >= 4 is 9.24 Å². The van der Waals surface area contributed by atoms with Crippen molar-refractivity contribution in [1.29, 1.82) is 0 Å². The number of aryl methyl sites for hydroxylation is 1. The van der Waals surface area contributed by atoms with E-state index in [2.05, 4.69) is 40.7 Å². The van der Waals surface area contributed by atoms with Gasteiger partial charge < -0.3 is 23.3 Å². The summed E-state index contributed by atoms with van der Waals surface area (Å²) in [7, 11) is 2.17. The van der Waals surface area contributed by atoms with Crippen molar-refractivity contribution in [3.05, 3.63) is 85.9 Å². The first-order valence-electron chi connectivity index (χ1n) is 8.68. The summed E-state index contributed by atoms with van der Waals surface area (Å²) in [6.45, 7) is 8.62. The van der Waals surface area contributed by atoms with Crippen molar-refractivity contribution < 1.29 is 61.5 Å². The number of hydrogen-bond acceptors (Lipinski definition) is 0. The molecule has 1 saturated carbocycles. The summed E-state index contributed by atoms with van der Waals surface area (Å²) in [6.07, 6.45) is 6.78. The van der Waals surface area contributed by atoms with Gasteiger partial charge in [0.05, 0.1) is 0 Å². The van der Waals surface area contributed by atoms with Crippen LogP contribution in [0, 0.1) is 38.6 Å². The first-order valence-corrected chi connectivity index (χ1v) is 9.50. The fourth-order valence-electron chi connectivity index (χ4n) is 3.49. The smallest absolute Gasteiger partial charge is 0.358 e. The molecule has 0 bridgehead atoms. The molecule has 1 aliphatic carbocycles. The van der Waals surface area contributed by atoms with Crippen LogP contribution in [0.1, 0.15) is 44.2 Å². The molecule has 1 atom stereocenters. The van der Waals surface area contributed by atoms with E-state index in [0.29, 0.717) is 23.0 Å². The Morgan fingerprint density at radius 1 is 1.00 bits per heavy atom. The molecule has 0 spiro atoms. The van der Waals surface area contributed by atoms with Crippen molar-refractivity contribution in [2.24, 2.45) is 5.92 Å². The first-order chi connectivity index (χ1) is 12.1. The van der Waals surface area contributed by atoms with E-state index in [0.717, 1.165) is 5.56 Å². The molecular formula is C23H31F2PVY. The Labute approximate surface area is 210 Å². The van der Waals surface area contributed by atoms with E-state index >= 15 is 0 Å². The topological polar surface area (TPSA) is 0 Å². The second-order valence-electron chi connectivity index (χ2n) is 6.53. The summed E-state index contributed by atoms with van der Waals surface area (Å²) < 4.78 is 27.8. The van der Waals surface area contributed by atoms with E-state index in [1.54, 1.807) is 19.1 Å². The van der Waals surface area contributed by atoms with E-state index in [1.807, 2.05) is 12.1 Å². The minimum absolute atomic E-state index is 0. The molecule has 0 nitrogen and oxygen atoms in total. The molecule has 1 aliphatic rings. The fraction of sp³-hybridized carbons (Fsp3) is 0.304. The van der Waals surface area contributed by atoms with Gasteiger partial charge in [-0.1, -0.05) is 42.5 Å². The standard InChI is InChI=1S/C21H22F2.CH4P.CH3.V.Y.H2/c1-3-15-5-7-16(8-6-15)17-9-11-18(12-10-17)19-13-4-14(2)20(22)21(19)23;1-2;;;;/h3-4,9-13,15-16H,1,5-8H2,2H3;1-2H2;1H3;;;1H/q;2*-1;+2;;. The van der Waals surface area contributed by atoms with Gasteiger partial charge in [0.2, 0.25) is 0 Å². The summed E-state index contributed by atoms with van der Waals surface area (Å²) in [4.78, 5) is 0. The van der Waals surface area contributed by atoms with Crippen molar-refractivity contribution in [2.45, 2.75) is 38.5 Å². The molecule has 0 N–H and O–H groups in total. The molecule has 0 aliphatic heterocycles. The number of allylic oxidation sites excluding steroid dienone is 1. The third-order valence-electron chi connectivity index (χ3n) is 5.07. The van der Waals surface area contributed by atoms with Crippen LogP contribution in [0.3, 0.4) is 0 Å². The molecule has 0 aromatic heterocycles. The minimum Gasteiger partial charge on any atom is -0.358 e. The summed E-state index contributed by atoms with van der Waals surface area (Å²) >= 11 is 0. The fourth-order valence-corrected chi connectivity index (χ4v) is 3.49. The summed E-state index contributed by atoms with van der Waals surface area (Å²) in [5, 5.41) is 0. The third kappa shape index (κ3) is 7.44. The Morgan fingerprint density at radius 3 is 2.04 bits per heavy atom. The average Bonchev–Trinajstić information content (AvgIpc) is 2.68. The van der Waals surface area contributed by atoms with Gasteiger partial charge in [0.25, 0.3) is 0 Å². The van der Waals surface area contributed by atoms with Crippen LogP contribution in [0.25, 0.3) is 11.1 Å². The predicted molar refractivity (Wildman–Crippen MR) is 115 cm³/mol. The molecule has 2 radical (unpaired) electrons. The van der Waals surface area contributed by atoms with Crippen LogP contribution in [0.15, 0.2) is 49.1 Å². The van der Waals surface area contributed by atoms with Crippen LogP contribution in [-0.4, -0.2) is 0 Å². The van der Waals surface area contributed by atoms with Gasteiger partial charge in [0, 0.05) is 39.7 Å². The molecule has 150 valence electrons. The molecule has 0 amide bonds. The third-order valence-corrected chi connectivity index (χ3v) is 5.07. The molecule has 1 unspecified atom stereocenters. The number of rotatable bonds is 3. The van der Waals surface area contributed by atoms with Gasteiger partial charge in [-0.3, -0.25) is 0 Å². The Bertz CT molecular complexity index is 718. The van der Waals surface area contributed by atoms with Crippen LogP contribution in [0.2, 0.25) is 0 Å². The molecule has 28 heavy (non-hydrogen) atoms. The Kier molecular flexibility index (Phi) is 16.3. The van der Waals surface area contributed by atoms with E-state index in [1.165, 1.54) is 31.2 Å². The second-order valence-corrected chi connectivity index (χ2v) is 6.53. The Balaban J connectivity index is -0.00000109. The molecule has 2 aromatic carbocycles. The van der Waals surface area contributed by atoms with E-state index < -0.39 is 11.6 Å². The van der Waals surface area contributed by atoms with Crippen molar-refractivity contribution in [3.8, 4) is 11.1 Å². The maximum absolute atomic E-state index is 14.1. The van der Waals surface area contributed by atoms with Crippen LogP contribution in [-0.2, 0) is 51.3 Å². The van der Waals surface area contributed by atoms with Crippen molar-refractivity contribution in [3.63, 3.8) is 0 Å². The SMILES string of the molecule is C=CC1CCC(c2ccc(-c3ccc(C)c(F)c3F)cc2)CC1.[CH2-]P.[CH3-].[HH].[V+2].[Y]. The number of benzene rings is 2. The van der Waals surface area contributed by atoms with Gasteiger partial charge >= 0.3 is 18.6 Å². The molecular weight excluding hydrogens is 485 g/mol. The minimum atomic E-state index is -0.760. The Hall–Kier alpha value is 0.158. The van der Waals surface area contributed by atoms with Gasteiger partial charge in [-0.25, -0.2) is 8.78 Å². The van der Waals surface area contributed by atoms with Crippen molar-refractivity contribution in [1.82, 2.24) is 0 Å². The zero-order valence-corrected chi connectivity index (χ0v) is 22.2. The molecule has 1 fully saturated rings. The summed E-state index contributed by atoms with van der Waals surface area (Å²) in [5.74, 6) is -0.298. The van der Waals surface area contributed by atoms with Gasteiger partial charge in [-0.05, 0) is 61.1 Å². The molecule has 0 saturated heterocycles. The van der Waals surface area contributed by atoms with E-state index in [9.17, 15) is 8.78 Å². The molecule has 3 rings (SSSR count). The molecule has 5 heteroatoms. The first kappa shape index (κ1) is 30.4. The average molecular weight is 516 g/mol. The zero-order chi connectivity index (χ0) is 18.4. The van der Waals surface area contributed by atoms with Crippen LogP contribution >= 0.6 is 9.24 Å². The number of hydrogen-bond donors (Lipinski definition) is 0. The predicted octanol–water partition coefficient (Wildman–Crippen LogP) is 7.74. The zero-order valence-electron chi connectivity index (χ0n) is 16.8. The van der Waals surface area contributed by atoms with Gasteiger partial charge in [-0.2, -0.15) is 0 Å². The largest absolute Gasteiger partial charge is 2.00 e. The normalized spacial score (nSPS) is 17.6. The maximum atomic E-state index is 14.1. The number of halogens is 2. The van der Waals surface area contributed by atoms with Crippen LogP contribution in [0.4, 0.5) is 8.78 Å². The monoisotopic (exact) mass is 516 g/mol. The van der Waals surface area contributed by atoms with Gasteiger partial charge in [0.1, 0.15) is 0 Å². The molecule has 0 heterocycles. The van der Waals surface area contributed by atoms with Gasteiger partial charge in [0.15, 0.2) is 11.6 Å². The van der Waals surface area contributed by atoms with Gasteiger partial charge in [-0.15, -0.1) is 6.58 Å². The van der Waals surface area contributed by atoms with Crippen molar-refractivity contribution in [2.75, 3.05) is 0 Å². The second kappa shape index (κ2) is 15.0. The van der Waals surface area contributed by atoms with Crippen LogP contribution < -0.4 is 0 Å². The summed E-state index contributed by atoms with van der Waals surface area (Å²) in [6, 6.07) is 11.2. The summed E-state index contributed by atoms with van der Waals surface area (Å²) in [5.41, 5.74) is 2.69. The van der Waals surface area contributed by atoms with E-state index in [4.69, 9.17) is 0 Å². The maximum Gasteiger partial charge on any atom is 2.00 e. The van der Waals surface area contributed by atoms with E-state index in [-0.39, 0.29) is 60.1 Å². The quantitative estimate of drug-likeness (QED) is 0.222. The molecule has 2 aromatic rings.